The van der Waals surface area contributed by atoms with E-state index in [9.17, 15) is 0 Å². The first-order valence-corrected chi connectivity index (χ1v) is 16.5. The number of hydrogen-bond donors (Lipinski definition) is 0. The molecular weight excluding hydrogens is 595 g/mol. The van der Waals surface area contributed by atoms with Crippen LogP contribution < -0.4 is 0 Å². The molecule has 5 nitrogen and oxygen atoms in total. The van der Waals surface area contributed by atoms with Crippen molar-refractivity contribution >= 4 is 22.8 Å². The van der Waals surface area contributed by atoms with E-state index in [0.717, 1.165) is 37.8 Å². The quantitative estimate of drug-likeness (QED) is 0.197. The topological polar surface area (TPSA) is 56.5 Å². The predicted molar refractivity (Wildman–Crippen MR) is 187 cm³/mol. The van der Waals surface area contributed by atoms with Crippen molar-refractivity contribution in [2.45, 2.75) is 15.6 Å². The molecule has 3 heterocycles. The van der Waals surface area contributed by atoms with Crippen molar-refractivity contribution in [1.29, 1.82) is 0 Å². The Morgan fingerprint density at radius 2 is 0.979 bits per heavy atom. The lowest BCUT2D eigenvalue weighted by Gasteiger charge is -2.40. The number of fused-ring (bicyclic) bond motifs is 11. The average molecular weight is 620 g/mol. The number of benzene rings is 6. The summed E-state index contributed by atoms with van der Waals surface area (Å²) in [6, 6.07) is 53.1. The highest BCUT2D eigenvalue weighted by Gasteiger charge is 2.51. The van der Waals surface area contributed by atoms with Crippen LogP contribution in [0.2, 0.25) is 0 Å². The van der Waals surface area contributed by atoms with Gasteiger partial charge in [-0.15, -0.1) is 0 Å². The Bertz CT molecular complexity index is 2400. The van der Waals surface area contributed by atoms with Gasteiger partial charge in [0.25, 0.3) is 0 Å². The maximum atomic E-state index is 5.21. The van der Waals surface area contributed by atoms with E-state index in [-0.39, 0.29) is 0 Å². The second-order valence-corrected chi connectivity index (χ2v) is 12.9. The van der Waals surface area contributed by atoms with Crippen molar-refractivity contribution in [3.8, 4) is 45.3 Å². The maximum Gasteiger partial charge on any atom is 0.175 e. The Kier molecular flexibility index (Phi) is 5.65. The minimum absolute atomic E-state index is 0.582. The number of hydrogen-bond acceptors (Lipinski definition) is 5. The first-order valence-electron chi connectivity index (χ1n) is 15.7. The lowest BCUT2D eigenvalue weighted by molar-refractivity contribution is 0.484. The maximum absolute atomic E-state index is 5.21. The summed E-state index contributed by atoms with van der Waals surface area (Å²) in [4.78, 5) is 21.3. The Balaban J connectivity index is 1.24. The van der Waals surface area contributed by atoms with Gasteiger partial charge in [-0.1, -0.05) is 145 Å². The highest BCUT2D eigenvalue weighted by Crippen LogP contribution is 2.59. The zero-order chi connectivity index (χ0) is 31.0. The molecule has 0 radical (unpaired) electrons. The molecule has 1 aliphatic heterocycles. The standard InChI is InChI=1S/C41H25N5S/c1-3-13-26(14-4-1)37-43-38(27-15-5-2-6-16-27)45-39(44-37)28-23-24-33-36(25-28)47-40-42-34-21-11-12-22-35(34)46(40)41(33)31-19-9-7-17-29(31)30-18-8-10-20-32(30)41/h1-25H. The second-order valence-electron chi connectivity index (χ2n) is 11.9. The second kappa shape index (κ2) is 10.1. The van der Waals surface area contributed by atoms with Gasteiger partial charge in [0, 0.05) is 27.1 Å². The summed E-state index contributed by atoms with van der Waals surface area (Å²) in [5.41, 5.74) is 10.6. The van der Waals surface area contributed by atoms with Crippen LogP contribution in [0.25, 0.3) is 56.3 Å². The Hall–Kier alpha value is -5.85. The van der Waals surface area contributed by atoms with Crippen molar-refractivity contribution in [3.63, 3.8) is 0 Å². The third-order valence-corrected chi connectivity index (χ3v) is 10.3. The van der Waals surface area contributed by atoms with Gasteiger partial charge >= 0.3 is 0 Å². The van der Waals surface area contributed by atoms with Gasteiger partial charge in [-0.2, -0.15) is 0 Å². The molecule has 0 unspecified atom stereocenters. The first kappa shape index (κ1) is 26.4. The third-order valence-electron chi connectivity index (χ3n) is 9.32. The van der Waals surface area contributed by atoms with E-state index in [1.165, 1.54) is 27.8 Å². The number of nitrogens with zero attached hydrogens (tertiary/aromatic N) is 5. The van der Waals surface area contributed by atoms with Gasteiger partial charge in [0.1, 0.15) is 5.54 Å². The number of imidazole rings is 1. The highest BCUT2D eigenvalue weighted by molar-refractivity contribution is 7.99. The fraction of sp³-hybridized carbons (Fsp3) is 0.0244. The van der Waals surface area contributed by atoms with Crippen LogP contribution in [-0.2, 0) is 5.54 Å². The van der Waals surface area contributed by atoms with E-state index in [1.807, 2.05) is 60.7 Å². The molecule has 0 saturated heterocycles. The van der Waals surface area contributed by atoms with Crippen LogP contribution in [0.15, 0.2) is 162 Å². The fourth-order valence-electron chi connectivity index (χ4n) is 7.34. The molecule has 8 aromatic rings. The van der Waals surface area contributed by atoms with E-state index in [1.54, 1.807) is 11.8 Å². The van der Waals surface area contributed by atoms with E-state index in [2.05, 4.69) is 95.6 Å². The van der Waals surface area contributed by atoms with E-state index >= 15 is 0 Å². The lowest BCUT2D eigenvalue weighted by Crippen LogP contribution is -2.38. The smallest absolute Gasteiger partial charge is 0.175 e. The van der Waals surface area contributed by atoms with Crippen LogP contribution in [0.4, 0.5) is 0 Å². The molecule has 6 heteroatoms. The van der Waals surface area contributed by atoms with Crippen LogP contribution in [0, 0.1) is 0 Å². The van der Waals surface area contributed by atoms with Crippen molar-refractivity contribution in [2.24, 2.45) is 0 Å². The van der Waals surface area contributed by atoms with Gasteiger partial charge in [-0.05, 0) is 40.5 Å². The zero-order valence-corrected chi connectivity index (χ0v) is 25.9. The van der Waals surface area contributed by atoms with Crippen molar-refractivity contribution in [1.82, 2.24) is 24.5 Å². The molecule has 0 atom stereocenters. The molecular formula is C41H25N5S. The van der Waals surface area contributed by atoms with Gasteiger partial charge in [0.2, 0.25) is 0 Å². The fourth-order valence-corrected chi connectivity index (χ4v) is 8.52. The minimum atomic E-state index is -0.582. The monoisotopic (exact) mass is 619 g/mol. The Morgan fingerprint density at radius 1 is 0.447 bits per heavy atom. The first-order chi connectivity index (χ1) is 23.3. The lowest BCUT2D eigenvalue weighted by atomic mass is 9.79. The summed E-state index contributed by atoms with van der Waals surface area (Å²) in [7, 11) is 0. The van der Waals surface area contributed by atoms with Crippen LogP contribution in [0.5, 0.6) is 0 Å². The molecule has 0 fully saturated rings. The van der Waals surface area contributed by atoms with Crippen molar-refractivity contribution < 1.29 is 0 Å². The molecule has 0 bridgehead atoms. The highest BCUT2D eigenvalue weighted by atomic mass is 32.2. The molecule has 47 heavy (non-hydrogen) atoms. The molecule has 6 aromatic carbocycles. The largest absolute Gasteiger partial charge is 0.300 e. The Labute approximate surface area is 275 Å². The van der Waals surface area contributed by atoms with Crippen LogP contribution in [0.3, 0.4) is 0 Å². The van der Waals surface area contributed by atoms with Crippen molar-refractivity contribution in [2.75, 3.05) is 0 Å². The van der Waals surface area contributed by atoms with E-state index in [0.29, 0.717) is 17.5 Å². The number of para-hydroxylation sites is 2. The number of aromatic nitrogens is 5. The van der Waals surface area contributed by atoms with Gasteiger partial charge in [-0.3, -0.25) is 4.57 Å². The third kappa shape index (κ3) is 3.79. The molecule has 10 rings (SSSR count). The van der Waals surface area contributed by atoms with E-state index < -0.39 is 5.54 Å². The molecule has 1 aliphatic carbocycles. The average Bonchev–Trinajstić information content (AvgIpc) is 3.66. The minimum Gasteiger partial charge on any atom is -0.300 e. The van der Waals surface area contributed by atoms with Gasteiger partial charge in [-0.25, -0.2) is 19.9 Å². The summed E-state index contributed by atoms with van der Waals surface area (Å²) in [6.07, 6.45) is 0. The normalized spacial score (nSPS) is 13.6. The van der Waals surface area contributed by atoms with Crippen LogP contribution in [-0.4, -0.2) is 24.5 Å². The SMILES string of the molecule is c1ccc(-c2nc(-c3ccccc3)nc(-c3ccc4c(c3)Sc3nc5ccccc5n3C43c4ccccc4-c4ccccc43)n2)cc1. The molecule has 1 spiro atoms. The zero-order valence-electron chi connectivity index (χ0n) is 25.1. The van der Waals surface area contributed by atoms with Gasteiger partial charge in [0.05, 0.1) is 11.0 Å². The molecule has 0 amide bonds. The summed E-state index contributed by atoms with van der Waals surface area (Å²) < 4.78 is 2.46. The van der Waals surface area contributed by atoms with Crippen LogP contribution >= 0.6 is 11.8 Å². The summed E-state index contributed by atoms with van der Waals surface area (Å²) in [5, 5.41) is 0.966. The summed E-state index contributed by atoms with van der Waals surface area (Å²) >= 11 is 1.71. The molecule has 0 saturated carbocycles. The number of rotatable bonds is 3. The van der Waals surface area contributed by atoms with Crippen molar-refractivity contribution in [3.05, 3.63) is 168 Å². The molecule has 2 aliphatic rings. The van der Waals surface area contributed by atoms with Gasteiger partial charge in [0.15, 0.2) is 22.6 Å². The predicted octanol–water partition coefficient (Wildman–Crippen LogP) is 9.51. The van der Waals surface area contributed by atoms with Gasteiger partial charge < -0.3 is 0 Å². The molecule has 2 aromatic heterocycles. The molecule has 0 N–H and O–H groups in total. The Morgan fingerprint density at radius 3 is 1.62 bits per heavy atom. The van der Waals surface area contributed by atoms with Crippen LogP contribution in [0.1, 0.15) is 16.7 Å². The van der Waals surface area contributed by atoms with E-state index in [4.69, 9.17) is 19.9 Å². The summed E-state index contributed by atoms with van der Waals surface area (Å²) in [6.45, 7) is 0. The molecule has 220 valence electrons. The summed E-state index contributed by atoms with van der Waals surface area (Å²) in [5.74, 6) is 1.94.